The van der Waals surface area contributed by atoms with Crippen molar-refractivity contribution < 1.29 is 18.0 Å². The van der Waals surface area contributed by atoms with E-state index >= 15 is 0 Å². The number of halogens is 4. The molecule has 29 heavy (non-hydrogen) atoms. The van der Waals surface area contributed by atoms with Crippen molar-refractivity contribution in [3.05, 3.63) is 70.4 Å². The van der Waals surface area contributed by atoms with Gasteiger partial charge in [-0.3, -0.25) is 9.89 Å². The van der Waals surface area contributed by atoms with Gasteiger partial charge in [-0.05, 0) is 48.7 Å². The molecule has 2 aromatic carbocycles. The molecule has 0 aliphatic rings. The zero-order valence-corrected chi connectivity index (χ0v) is 16.5. The van der Waals surface area contributed by atoms with Crippen molar-refractivity contribution in [2.24, 2.45) is 5.92 Å². The van der Waals surface area contributed by atoms with E-state index in [2.05, 4.69) is 15.5 Å². The molecule has 152 valence electrons. The lowest BCUT2D eigenvalue weighted by Crippen LogP contribution is -2.14. The smallest absolute Gasteiger partial charge is 0.319 e. The van der Waals surface area contributed by atoms with Gasteiger partial charge < -0.3 is 5.32 Å². The van der Waals surface area contributed by atoms with E-state index in [-0.39, 0.29) is 5.56 Å². The van der Waals surface area contributed by atoms with E-state index in [0.29, 0.717) is 28.7 Å². The molecule has 0 unspecified atom stereocenters. The molecule has 1 heterocycles. The molecule has 1 aromatic heterocycles. The van der Waals surface area contributed by atoms with Gasteiger partial charge in [-0.2, -0.15) is 18.3 Å². The van der Waals surface area contributed by atoms with Crippen LogP contribution in [0.4, 0.5) is 18.9 Å². The Kier molecular flexibility index (Phi) is 5.98. The Labute approximate surface area is 171 Å². The Balaban J connectivity index is 1.93. The van der Waals surface area contributed by atoms with Crippen LogP contribution in [0.3, 0.4) is 0 Å². The molecule has 8 heteroatoms. The number of alkyl halides is 3. The fraction of sp³-hybridized carbons (Fsp3) is 0.238. The summed E-state index contributed by atoms with van der Waals surface area (Å²) < 4.78 is 38.2. The van der Waals surface area contributed by atoms with Gasteiger partial charge in [-0.1, -0.05) is 37.6 Å². The van der Waals surface area contributed by atoms with Gasteiger partial charge in [0, 0.05) is 16.1 Å². The van der Waals surface area contributed by atoms with Crippen LogP contribution in [0.15, 0.2) is 48.5 Å². The molecule has 0 bridgehead atoms. The van der Waals surface area contributed by atoms with Crippen LogP contribution in [0.2, 0.25) is 5.02 Å². The number of benzene rings is 2. The van der Waals surface area contributed by atoms with Gasteiger partial charge in [0.05, 0.1) is 16.9 Å². The van der Waals surface area contributed by atoms with Crippen LogP contribution in [-0.2, 0) is 12.6 Å². The van der Waals surface area contributed by atoms with Crippen LogP contribution in [0.25, 0.3) is 11.3 Å². The summed E-state index contributed by atoms with van der Waals surface area (Å²) in [6, 6.07) is 11.1. The minimum atomic E-state index is -4.45. The molecule has 1 amide bonds. The zero-order chi connectivity index (χ0) is 21.2. The van der Waals surface area contributed by atoms with E-state index in [1.165, 1.54) is 0 Å². The number of amides is 1. The molecule has 0 radical (unpaired) electrons. The lowest BCUT2D eigenvalue weighted by atomic mass is 10.0. The largest absolute Gasteiger partial charge is 0.416 e. The van der Waals surface area contributed by atoms with Gasteiger partial charge >= 0.3 is 6.18 Å². The number of aromatic amines is 1. The molecule has 0 aliphatic heterocycles. The highest BCUT2D eigenvalue weighted by Crippen LogP contribution is 2.32. The third kappa shape index (κ3) is 4.98. The van der Waals surface area contributed by atoms with Gasteiger partial charge in [0.25, 0.3) is 5.91 Å². The Bertz CT molecular complexity index is 994. The SMILES string of the molecule is CC(C)Cc1[nH]nc(-c2ccc(Cl)cc2)c1NC(=O)c1ccc(C(F)(F)F)cc1. The average Bonchev–Trinajstić information content (AvgIpc) is 3.03. The van der Waals surface area contributed by atoms with Crippen LogP contribution in [0, 0.1) is 5.92 Å². The maximum absolute atomic E-state index is 12.7. The number of aromatic nitrogens is 2. The number of anilines is 1. The fourth-order valence-electron chi connectivity index (χ4n) is 2.88. The summed E-state index contributed by atoms with van der Waals surface area (Å²) in [5.41, 5.74) is 1.86. The lowest BCUT2D eigenvalue weighted by Gasteiger charge is -2.11. The summed E-state index contributed by atoms with van der Waals surface area (Å²) in [7, 11) is 0. The molecule has 0 saturated heterocycles. The van der Waals surface area contributed by atoms with Crippen molar-refractivity contribution in [1.82, 2.24) is 10.2 Å². The maximum atomic E-state index is 12.7. The maximum Gasteiger partial charge on any atom is 0.416 e. The number of H-pyrrole nitrogens is 1. The van der Waals surface area contributed by atoms with E-state index in [9.17, 15) is 18.0 Å². The van der Waals surface area contributed by atoms with E-state index in [0.717, 1.165) is 35.5 Å². The quantitative estimate of drug-likeness (QED) is 0.515. The topological polar surface area (TPSA) is 57.8 Å². The third-order valence-corrected chi connectivity index (χ3v) is 4.54. The summed E-state index contributed by atoms with van der Waals surface area (Å²) in [4.78, 5) is 12.7. The van der Waals surface area contributed by atoms with Crippen molar-refractivity contribution in [1.29, 1.82) is 0 Å². The van der Waals surface area contributed by atoms with E-state index in [1.807, 2.05) is 13.8 Å². The standard InChI is InChI=1S/C21H19ClF3N3O/c1-12(2)11-17-19(18(28-27-17)13-5-9-16(22)10-6-13)26-20(29)14-3-7-15(8-4-14)21(23,24)25/h3-10,12H,11H2,1-2H3,(H,26,29)(H,27,28). The van der Waals surface area contributed by atoms with E-state index in [4.69, 9.17) is 11.6 Å². The van der Waals surface area contributed by atoms with Gasteiger partial charge in [0.2, 0.25) is 0 Å². The van der Waals surface area contributed by atoms with Crippen LogP contribution >= 0.6 is 11.6 Å². The number of hydrogen-bond acceptors (Lipinski definition) is 2. The Morgan fingerprint density at radius 2 is 1.72 bits per heavy atom. The first kappa shape index (κ1) is 20.9. The summed E-state index contributed by atoms with van der Waals surface area (Å²) in [6.45, 7) is 4.06. The van der Waals surface area contributed by atoms with E-state index < -0.39 is 17.6 Å². The first-order valence-corrected chi connectivity index (χ1v) is 9.34. The minimum Gasteiger partial charge on any atom is -0.319 e. The number of carbonyl (C=O) groups is 1. The minimum absolute atomic E-state index is 0.122. The Morgan fingerprint density at radius 3 is 2.28 bits per heavy atom. The highest BCUT2D eigenvalue weighted by Gasteiger charge is 2.30. The highest BCUT2D eigenvalue weighted by atomic mass is 35.5. The second kappa shape index (κ2) is 8.29. The Morgan fingerprint density at radius 1 is 1.10 bits per heavy atom. The number of nitrogens with zero attached hydrogens (tertiary/aromatic N) is 1. The van der Waals surface area contributed by atoms with Crippen molar-refractivity contribution in [3.63, 3.8) is 0 Å². The molecule has 2 N–H and O–H groups in total. The number of carbonyl (C=O) groups excluding carboxylic acids is 1. The molecule has 3 aromatic rings. The normalized spacial score (nSPS) is 11.7. The molecular weight excluding hydrogens is 403 g/mol. The zero-order valence-electron chi connectivity index (χ0n) is 15.8. The molecule has 0 spiro atoms. The van der Waals surface area contributed by atoms with Crippen molar-refractivity contribution in [2.75, 3.05) is 5.32 Å². The van der Waals surface area contributed by atoms with Gasteiger partial charge in [-0.15, -0.1) is 0 Å². The summed E-state index contributed by atoms with van der Waals surface area (Å²) in [5, 5.41) is 10.7. The third-order valence-electron chi connectivity index (χ3n) is 4.28. The summed E-state index contributed by atoms with van der Waals surface area (Å²) >= 11 is 5.94. The van der Waals surface area contributed by atoms with Gasteiger partial charge in [0.15, 0.2) is 0 Å². The Hall–Kier alpha value is -2.80. The number of rotatable bonds is 5. The molecule has 0 saturated carbocycles. The van der Waals surface area contributed by atoms with Crippen LogP contribution < -0.4 is 5.32 Å². The van der Waals surface area contributed by atoms with Crippen molar-refractivity contribution in [2.45, 2.75) is 26.4 Å². The van der Waals surface area contributed by atoms with Crippen LogP contribution in [-0.4, -0.2) is 16.1 Å². The predicted octanol–water partition coefficient (Wildman–Crippen LogP) is 6.20. The second-order valence-electron chi connectivity index (χ2n) is 7.06. The predicted molar refractivity (Wildman–Crippen MR) is 107 cm³/mol. The summed E-state index contributed by atoms with van der Waals surface area (Å²) in [5.74, 6) is -0.212. The second-order valence-corrected chi connectivity index (χ2v) is 7.50. The molecule has 0 fully saturated rings. The molecule has 4 nitrogen and oxygen atoms in total. The first-order valence-electron chi connectivity index (χ1n) is 8.97. The molecular formula is C21H19ClF3N3O. The van der Waals surface area contributed by atoms with Crippen LogP contribution in [0.1, 0.15) is 35.5 Å². The van der Waals surface area contributed by atoms with Gasteiger partial charge in [0.1, 0.15) is 5.69 Å². The average molecular weight is 422 g/mol. The highest BCUT2D eigenvalue weighted by molar-refractivity contribution is 6.30. The van der Waals surface area contributed by atoms with Gasteiger partial charge in [-0.25, -0.2) is 0 Å². The fourth-order valence-corrected chi connectivity index (χ4v) is 3.01. The number of hydrogen-bond donors (Lipinski definition) is 2. The molecule has 0 aliphatic carbocycles. The van der Waals surface area contributed by atoms with Crippen molar-refractivity contribution in [3.8, 4) is 11.3 Å². The first-order chi connectivity index (χ1) is 13.6. The van der Waals surface area contributed by atoms with E-state index in [1.54, 1.807) is 24.3 Å². The monoisotopic (exact) mass is 421 g/mol. The summed E-state index contributed by atoms with van der Waals surface area (Å²) in [6.07, 6.45) is -3.81. The molecule has 3 rings (SSSR count). The van der Waals surface area contributed by atoms with Crippen LogP contribution in [0.5, 0.6) is 0 Å². The molecule has 0 atom stereocenters. The lowest BCUT2D eigenvalue weighted by molar-refractivity contribution is -0.137. The van der Waals surface area contributed by atoms with Crippen molar-refractivity contribution >= 4 is 23.2 Å². The number of nitrogens with one attached hydrogen (secondary N) is 2.